The van der Waals surface area contributed by atoms with Gasteiger partial charge in [0.15, 0.2) is 24.6 Å². The maximum absolute atomic E-state index is 10.6. The fourth-order valence-corrected chi connectivity index (χ4v) is 5.20. The lowest BCUT2D eigenvalue weighted by Gasteiger charge is -2.50. The molecule has 2 fully saturated rings. The van der Waals surface area contributed by atoms with E-state index in [0.717, 1.165) is 19.3 Å². The third-order valence-electron chi connectivity index (χ3n) is 7.76. The minimum Gasteiger partial charge on any atom is -0.392 e. The molecule has 0 unspecified atom stereocenters. The Labute approximate surface area is 231 Å². The van der Waals surface area contributed by atoms with Crippen LogP contribution in [-0.4, -0.2) is 115 Å². The van der Waals surface area contributed by atoms with E-state index in [1.165, 1.54) is 64.2 Å². The van der Waals surface area contributed by atoms with Gasteiger partial charge in [-0.25, -0.2) is 0 Å². The van der Waals surface area contributed by atoms with Crippen molar-refractivity contribution in [3.63, 3.8) is 0 Å². The normalized spacial score (nSPS) is 37.3. The topological polar surface area (TPSA) is 202 Å². The summed E-state index contributed by atoms with van der Waals surface area (Å²) in [6, 6.07) is 0. The van der Waals surface area contributed by atoms with Crippen LogP contribution >= 0.6 is 0 Å². The van der Waals surface area contributed by atoms with E-state index < -0.39 is 67.8 Å². The fourth-order valence-electron chi connectivity index (χ4n) is 5.20. The predicted octanol–water partition coefficient (Wildman–Crippen LogP) is -0.0411. The highest BCUT2D eigenvalue weighted by molar-refractivity contribution is 5.00. The zero-order chi connectivity index (χ0) is 28.8. The van der Waals surface area contributed by atoms with Crippen molar-refractivity contribution in [1.29, 1.82) is 0 Å². The van der Waals surface area contributed by atoms with E-state index in [4.69, 9.17) is 14.2 Å². The van der Waals surface area contributed by atoms with Gasteiger partial charge in [0.25, 0.3) is 0 Å². The molecule has 39 heavy (non-hydrogen) atoms. The highest BCUT2D eigenvalue weighted by atomic mass is 16.8. The zero-order valence-corrected chi connectivity index (χ0v) is 23.3. The number of rotatable bonds is 19. The molecule has 2 heterocycles. The second-order valence-corrected chi connectivity index (χ2v) is 11.0. The monoisotopic (exact) mass is 567 g/mol. The number of nitrogens with one attached hydrogen (secondary N) is 1. The molecule has 0 spiro atoms. The predicted molar refractivity (Wildman–Crippen MR) is 141 cm³/mol. The van der Waals surface area contributed by atoms with Gasteiger partial charge < -0.3 is 55.1 Å². The smallest absolute Gasteiger partial charge is 0.189 e. The summed E-state index contributed by atoms with van der Waals surface area (Å²) in [6.07, 6.45) is 0.690. The van der Waals surface area contributed by atoms with E-state index in [-0.39, 0.29) is 0 Å². The molecule has 2 aliphatic heterocycles. The first kappa shape index (κ1) is 34.7. The second-order valence-electron chi connectivity index (χ2n) is 11.0. The average Bonchev–Trinajstić information content (AvgIpc) is 2.93. The average molecular weight is 568 g/mol. The summed E-state index contributed by atoms with van der Waals surface area (Å²) in [6.45, 7) is 1.77. The van der Waals surface area contributed by atoms with Gasteiger partial charge >= 0.3 is 0 Å². The zero-order valence-electron chi connectivity index (χ0n) is 23.3. The molecule has 0 amide bonds. The Hall–Kier alpha value is -0.480. The van der Waals surface area contributed by atoms with E-state index in [2.05, 4.69) is 12.2 Å². The second kappa shape index (κ2) is 18.1. The van der Waals surface area contributed by atoms with E-state index in [9.17, 15) is 40.9 Å². The first-order chi connectivity index (χ1) is 18.7. The summed E-state index contributed by atoms with van der Waals surface area (Å²) >= 11 is 0. The molecule has 0 bridgehead atoms. The first-order valence-corrected chi connectivity index (χ1v) is 14.8. The fraction of sp³-hybridized carbons (Fsp3) is 1.00. The SMILES string of the molecule is CCCCCCCCCCCCCCCCN[C@]1(CO)O[C@@H](O)[C@H](O)[C@H](O)[C@@H]1O[C@@H]1O[C@H](O)[C@@H](O)[C@H](O)[C@H]1O. The third-order valence-corrected chi connectivity index (χ3v) is 7.76. The van der Waals surface area contributed by atoms with Crippen LogP contribution in [0.1, 0.15) is 96.8 Å². The Kier molecular flexibility index (Phi) is 16.2. The minimum absolute atomic E-state index is 0.325. The van der Waals surface area contributed by atoms with E-state index in [0.29, 0.717) is 13.0 Å². The largest absolute Gasteiger partial charge is 0.392 e. The number of aliphatic hydroxyl groups excluding tert-OH is 8. The number of unbranched alkanes of at least 4 members (excludes halogenated alkanes) is 13. The molecule has 9 N–H and O–H groups in total. The van der Waals surface area contributed by atoms with Gasteiger partial charge in [0.05, 0.1) is 6.61 Å². The van der Waals surface area contributed by atoms with Gasteiger partial charge in [-0.05, 0) is 13.0 Å². The summed E-state index contributed by atoms with van der Waals surface area (Å²) in [7, 11) is 0. The number of hydrogen-bond acceptors (Lipinski definition) is 12. The van der Waals surface area contributed by atoms with Gasteiger partial charge in [-0.1, -0.05) is 90.4 Å². The van der Waals surface area contributed by atoms with Crippen LogP contribution in [0.3, 0.4) is 0 Å². The number of aliphatic hydroxyl groups is 8. The molecule has 0 saturated carbocycles. The maximum atomic E-state index is 10.6. The van der Waals surface area contributed by atoms with Gasteiger partial charge in [0.2, 0.25) is 0 Å². The van der Waals surface area contributed by atoms with Crippen molar-refractivity contribution in [2.45, 2.75) is 158 Å². The van der Waals surface area contributed by atoms with E-state index >= 15 is 0 Å². The molecule has 232 valence electrons. The molecule has 12 nitrogen and oxygen atoms in total. The van der Waals surface area contributed by atoms with Crippen LogP contribution in [0.4, 0.5) is 0 Å². The van der Waals surface area contributed by atoms with Gasteiger partial charge in [-0.15, -0.1) is 0 Å². The molecular formula is C27H53NO11. The summed E-state index contributed by atoms with van der Waals surface area (Å²) in [5, 5.41) is 83.6. The molecule has 2 saturated heterocycles. The first-order valence-electron chi connectivity index (χ1n) is 14.8. The Bertz CT molecular complexity index is 647. The van der Waals surface area contributed by atoms with Gasteiger partial charge in [-0.3, -0.25) is 5.32 Å². The van der Waals surface area contributed by atoms with Crippen molar-refractivity contribution in [3.05, 3.63) is 0 Å². The van der Waals surface area contributed by atoms with Crippen molar-refractivity contribution < 1.29 is 55.1 Å². The van der Waals surface area contributed by atoms with Crippen molar-refractivity contribution >= 4 is 0 Å². The van der Waals surface area contributed by atoms with Crippen LogP contribution in [0.15, 0.2) is 0 Å². The lowest BCUT2D eigenvalue weighted by Crippen LogP contribution is -2.73. The summed E-state index contributed by atoms with van der Waals surface area (Å²) < 4.78 is 16.0. The molecule has 10 atom stereocenters. The van der Waals surface area contributed by atoms with Crippen molar-refractivity contribution in [2.75, 3.05) is 13.2 Å². The van der Waals surface area contributed by atoms with Crippen molar-refractivity contribution in [3.8, 4) is 0 Å². The Morgan fingerprint density at radius 3 is 1.62 bits per heavy atom. The van der Waals surface area contributed by atoms with Crippen LogP contribution in [0.5, 0.6) is 0 Å². The van der Waals surface area contributed by atoms with E-state index in [1.807, 2.05) is 0 Å². The van der Waals surface area contributed by atoms with E-state index in [1.54, 1.807) is 0 Å². The molecule has 0 aromatic rings. The minimum atomic E-state index is -1.89. The molecule has 0 radical (unpaired) electrons. The Morgan fingerprint density at radius 1 is 0.615 bits per heavy atom. The van der Waals surface area contributed by atoms with Gasteiger partial charge in [0, 0.05) is 0 Å². The van der Waals surface area contributed by atoms with Crippen LogP contribution < -0.4 is 5.32 Å². The Morgan fingerprint density at radius 2 is 1.10 bits per heavy atom. The molecule has 2 rings (SSSR count). The lowest BCUT2D eigenvalue weighted by molar-refractivity contribution is -0.396. The highest BCUT2D eigenvalue weighted by Crippen LogP contribution is 2.33. The molecule has 0 aromatic heterocycles. The summed E-state index contributed by atoms with van der Waals surface area (Å²) in [4.78, 5) is 0. The van der Waals surface area contributed by atoms with Crippen LogP contribution in [-0.2, 0) is 14.2 Å². The molecule has 12 heteroatoms. The quantitative estimate of drug-likeness (QED) is 0.0944. The standard InChI is InChI=1S/C27H53NO11/c1-2-3-4-5-6-7-8-9-10-11-12-13-14-15-16-28-27(17-29)23(19(31)21(33)25(36)39-27)37-26-22(34)18(30)20(32)24(35)38-26/h18-26,28-36H,2-17H2,1H3/t18-,19-,20-,21+,22+,23-,24-,25+,26+,27+/m0/s1. The van der Waals surface area contributed by atoms with Crippen LogP contribution in [0.25, 0.3) is 0 Å². The highest BCUT2D eigenvalue weighted by Gasteiger charge is 2.57. The van der Waals surface area contributed by atoms with Crippen LogP contribution in [0, 0.1) is 0 Å². The van der Waals surface area contributed by atoms with Crippen molar-refractivity contribution in [1.82, 2.24) is 5.32 Å². The number of hydrogen-bond donors (Lipinski definition) is 9. The Balaban J connectivity index is 1.75. The molecular weight excluding hydrogens is 514 g/mol. The lowest BCUT2D eigenvalue weighted by atomic mass is 9.92. The molecule has 2 aliphatic rings. The number of ether oxygens (including phenoxy) is 3. The van der Waals surface area contributed by atoms with Crippen molar-refractivity contribution in [2.24, 2.45) is 0 Å². The molecule has 0 aromatic carbocycles. The van der Waals surface area contributed by atoms with Gasteiger partial charge in [0.1, 0.15) is 36.6 Å². The summed E-state index contributed by atoms with van der Waals surface area (Å²) in [5.74, 6) is 0. The molecule has 0 aliphatic carbocycles. The maximum Gasteiger partial charge on any atom is 0.189 e. The van der Waals surface area contributed by atoms with Gasteiger partial charge in [-0.2, -0.15) is 0 Å². The third kappa shape index (κ3) is 10.4. The summed E-state index contributed by atoms with van der Waals surface area (Å²) in [5.41, 5.74) is -1.89. The van der Waals surface area contributed by atoms with Crippen LogP contribution in [0.2, 0.25) is 0 Å².